The molecule has 1 aliphatic carbocycles. The smallest absolute Gasteiger partial charge is 0.389 e. The van der Waals surface area contributed by atoms with E-state index >= 15 is 0 Å². The van der Waals surface area contributed by atoms with Gasteiger partial charge in [0.2, 0.25) is 0 Å². The number of fused-ring (bicyclic) bond motifs is 4. The van der Waals surface area contributed by atoms with Gasteiger partial charge in [0.1, 0.15) is 0 Å². The van der Waals surface area contributed by atoms with Crippen LogP contribution in [0.5, 0.6) is 0 Å². The Hall–Kier alpha value is -1.83. The maximum atomic E-state index is 13.4. The SMILES string of the molecule is CC(C)C(O)/C=C/C1(CCN2CC[C@@H]3Cc4[nH]c5ccc(C(F)(F)F)cc5c4[C@H](C)[C@H]3C2)CCOCC1. The van der Waals surface area contributed by atoms with Gasteiger partial charge in [-0.2, -0.15) is 13.2 Å². The maximum absolute atomic E-state index is 13.4. The third-order valence-electron chi connectivity index (χ3n) is 9.45. The Bertz CT molecular complexity index is 1120. The van der Waals surface area contributed by atoms with Crippen LogP contribution in [0.15, 0.2) is 30.4 Å². The molecule has 2 saturated heterocycles. The Morgan fingerprint density at radius 2 is 2.00 bits per heavy atom. The van der Waals surface area contributed by atoms with Gasteiger partial charge >= 0.3 is 6.18 Å². The molecule has 2 aromatic rings. The van der Waals surface area contributed by atoms with Gasteiger partial charge in [-0.25, -0.2) is 0 Å². The van der Waals surface area contributed by atoms with Crippen LogP contribution in [0.1, 0.15) is 69.2 Å². The summed E-state index contributed by atoms with van der Waals surface area (Å²) in [5.41, 5.74) is 2.53. The molecule has 0 spiro atoms. The van der Waals surface area contributed by atoms with Gasteiger partial charge in [0.05, 0.1) is 11.7 Å². The van der Waals surface area contributed by atoms with E-state index in [4.69, 9.17) is 4.74 Å². The molecule has 204 valence electrons. The lowest BCUT2D eigenvalue weighted by molar-refractivity contribution is -0.137. The quantitative estimate of drug-likeness (QED) is 0.427. The number of ether oxygens (including phenoxy) is 1. The highest BCUT2D eigenvalue weighted by atomic mass is 19.4. The molecule has 0 amide bonds. The van der Waals surface area contributed by atoms with Gasteiger partial charge in [-0.15, -0.1) is 0 Å². The number of nitrogens with zero attached hydrogens (tertiary/aromatic N) is 1. The summed E-state index contributed by atoms with van der Waals surface area (Å²) in [6.45, 7) is 10.8. The van der Waals surface area contributed by atoms with Crippen molar-refractivity contribution in [3.8, 4) is 0 Å². The van der Waals surface area contributed by atoms with Crippen molar-refractivity contribution < 1.29 is 23.0 Å². The molecular formula is C30H41F3N2O2. The van der Waals surface area contributed by atoms with Crippen molar-refractivity contribution in [1.82, 2.24) is 9.88 Å². The first-order valence-electron chi connectivity index (χ1n) is 14.0. The molecule has 0 bridgehead atoms. The number of benzene rings is 1. The largest absolute Gasteiger partial charge is 0.416 e. The number of H-pyrrole nitrogens is 1. The summed E-state index contributed by atoms with van der Waals surface area (Å²) in [4.78, 5) is 6.02. The van der Waals surface area contributed by atoms with E-state index in [1.807, 2.05) is 19.9 Å². The lowest BCUT2D eigenvalue weighted by Crippen LogP contribution is -2.46. The van der Waals surface area contributed by atoms with E-state index in [9.17, 15) is 18.3 Å². The zero-order valence-electron chi connectivity index (χ0n) is 22.3. The number of rotatable bonds is 6. The van der Waals surface area contributed by atoms with Crippen molar-refractivity contribution in [2.24, 2.45) is 23.2 Å². The van der Waals surface area contributed by atoms with E-state index in [0.717, 1.165) is 87.1 Å². The molecule has 3 heterocycles. The van der Waals surface area contributed by atoms with Gasteiger partial charge in [-0.1, -0.05) is 32.9 Å². The van der Waals surface area contributed by atoms with E-state index in [0.29, 0.717) is 11.8 Å². The fraction of sp³-hybridized carbons (Fsp3) is 0.667. The second-order valence-electron chi connectivity index (χ2n) is 12.1. The molecular weight excluding hydrogens is 477 g/mol. The summed E-state index contributed by atoms with van der Waals surface area (Å²) < 4.78 is 46.0. The van der Waals surface area contributed by atoms with Crippen LogP contribution >= 0.6 is 0 Å². The number of piperidine rings is 1. The second-order valence-corrected chi connectivity index (χ2v) is 12.1. The number of halogens is 3. The highest BCUT2D eigenvalue weighted by Gasteiger charge is 2.41. The fourth-order valence-corrected chi connectivity index (χ4v) is 6.91. The number of aromatic amines is 1. The van der Waals surface area contributed by atoms with Crippen molar-refractivity contribution in [1.29, 1.82) is 0 Å². The Labute approximate surface area is 218 Å². The van der Waals surface area contributed by atoms with Gasteiger partial charge in [-0.3, -0.25) is 0 Å². The first-order valence-corrected chi connectivity index (χ1v) is 14.0. The lowest BCUT2D eigenvalue weighted by Gasteiger charge is -2.45. The third-order valence-corrected chi connectivity index (χ3v) is 9.45. The molecule has 0 radical (unpaired) electrons. The molecule has 37 heavy (non-hydrogen) atoms. The number of nitrogens with one attached hydrogen (secondary N) is 1. The topological polar surface area (TPSA) is 48.5 Å². The molecule has 2 aliphatic heterocycles. The Morgan fingerprint density at radius 1 is 1.24 bits per heavy atom. The summed E-state index contributed by atoms with van der Waals surface area (Å²) in [5.74, 6) is 1.42. The second kappa shape index (κ2) is 10.4. The zero-order valence-corrected chi connectivity index (χ0v) is 22.3. The fourth-order valence-electron chi connectivity index (χ4n) is 6.91. The number of aliphatic hydroxyl groups excluding tert-OH is 1. The van der Waals surface area contributed by atoms with Crippen LogP contribution in [0.4, 0.5) is 13.2 Å². The van der Waals surface area contributed by atoms with E-state index in [-0.39, 0.29) is 17.3 Å². The first kappa shape index (κ1) is 26.8. The average Bonchev–Trinajstić information content (AvgIpc) is 3.24. The van der Waals surface area contributed by atoms with E-state index in [2.05, 4.69) is 22.9 Å². The van der Waals surface area contributed by atoms with Crippen LogP contribution in [0.3, 0.4) is 0 Å². The highest BCUT2D eigenvalue weighted by Crippen LogP contribution is 2.47. The van der Waals surface area contributed by atoms with Gasteiger partial charge in [0.15, 0.2) is 0 Å². The summed E-state index contributed by atoms with van der Waals surface area (Å²) in [5, 5.41) is 11.1. The summed E-state index contributed by atoms with van der Waals surface area (Å²) in [7, 11) is 0. The van der Waals surface area contributed by atoms with E-state index in [1.54, 1.807) is 6.07 Å². The monoisotopic (exact) mass is 518 g/mol. The van der Waals surface area contributed by atoms with E-state index in [1.165, 1.54) is 12.1 Å². The summed E-state index contributed by atoms with van der Waals surface area (Å²) >= 11 is 0. The number of hydrogen-bond donors (Lipinski definition) is 2. The minimum absolute atomic E-state index is 0.0567. The Morgan fingerprint density at radius 3 is 2.70 bits per heavy atom. The van der Waals surface area contributed by atoms with Crippen LogP contribution in [-0.4, -0.2) is 53.9 Å². The van der Waals surface area contributed by atoms with Crippen LogP contribution in [-0.2, 0) is 17.3 Å². The molecule has 2 fully saturated rings. The molecule has 0 saturated carbocycles. The number of allylic oxidation sites excluding steroid dienone is 1. The molecule has 4 atom stereocenters. The minimum Gasteiger partial charge on any atom is -0.389 e. The van der Waals surface area contributed by atoms with Crippen molar-refractivity contribution in [3.05, 3.63) is 47.2 Å². The first-order chi connectivity index (χ1) is 17.6. The van der Waals surface area contributed by atoms with Crippen molar-refractivity contribution in [2.45, 2.75) is 71.1 Å². The molecule has 1 aromatic carbocycles. The molecule has 3 aliphatic rings. The number of likely N-dealkylation sites (tertiary alicyclic amines) is 1. The number of alkyl halides is 3. The van der Waals surface area contributed by atoms with E-state index < -0.39 is 17.8 Å². The molecule has 2 N–H and O–H groups in total. The minimum atomic E-state index is -4.33. The van der Waals surface area contributed by atoms with Crippen LogP contribution in [0.2, 0.25) is 0 Å². The summed E-state index contributed by atoms with van der Waals surface area (Å²) in [6, 6.07) is 4.12. The van der Waals surface area contributed by atoms with Crippen molar-refractivity contribution in [3.63, 3.8) is 0 Å². The third kappa shape index (κ3) is 5.50. The van der Waals surface area contributed by atoms with Crippen molar-refractivity contribution in [2.75, 3.05) is 32.8 Å². The zero-order chi connectivity index (χ0) is 26.4. The summed E-state index contributed by atoms with van der Waals surface area (Å²) in [6.07, 6.45) is 4.51. The Kier molecular flexibility index (Phi) is 7.51. The molecule has 1 unspecified atom stereocenters. The van der Waals surface area contributed by atoms with Gasteiger partial charge in [-0.05, 0) is 98.0 Å². The van der Waals surface area contributed by atoms with Gasteiger partial charge < -0.3 is 19.7 Å². The Balaban J connectivity index is 1.31. The normalized spacial score (nSPS) is 27.5. The molecule has 1 aromatic heterocycles. The van der Waals surface area contributed by atoms with Crippen molar-refractivity contribution >= 4 is 10.9 Å². The van der Waals surface area contributed by atoms with Gasteiger partial charge in [0, 0.05) is 36.4 Å². The molecule has 5 rings (SSSR count). The lowest BCUT2D eigenvalue weighted by atomic mass is 9.68. The van der Waals surface area contributed by atoms with Crippen LogP contribution < -0.4 is 0 Å². The highest BCUT2D eigenvalue weighted by molar-refractivity contribution is 5.86. The van der Waals surface area contributed by atoms with Gasteiger partial charge in [0.25, 0.3) is 0 Å². The number of hydrogen-bond acceptors (Lipinski definition) is 3. The van der Waals surface area contributed by atoms with Crippen LogP contribution in [0.25, 0.3) is 10.9 Å². The predicted octanol–water partition coefficient (Wildman–Crippen LogP) is 6.54. The molecule has 4 nitrogen and oxygen atoms in total. The number of aromatic nitrogens is 1. The standard InChI is InChI=1S/C30H41F3N2O2/c1-19(2)27(36)6-8-29(10-14-37-15-11-29)9-13-35-12-7-21-16-26-28(20(3)24(21)18-35)23-17-22(30(31,32)33)4-5-25(23)34-26/h4-6,8,17,19-21,24,27,34,36H,7,9-16,18H2,1-3H3/b8-6+/t20-,21-,24-,27?/m1/s1. The van der Waals surface area contributed by atoms with Crippen LogP contribution in [0, 0.1) is 23.2 Å². The number of aliphatic hydroxyl groups is 1. The predicted molar refractivity (Wildman–Crippen MR) is 141 cm³/mol. The average molecular weight is 519 g/mol. The maximum Gasteiger partial charge on any atom is 0.416 e. The molecule has 7 heteroatoms.